The maximum Gasteiger partial charge on any atom is 0.232 e. The fraction of sp³-hybridized carbons (Fsp3) is 0.235. The van der Waals surface area contributed by atoms with Crippen molar-refractivity contribution in [1.82, 2.24) is 0 Å². The second-order valence-corrected chi connectivity index (χ2v) is 5.39. The first kappa shape index (κ1) is 12.7. The maximum atomic E-state index is 12.1. The van der Waals surface area contributed by atoms with Crippen molar-refractivity contribution < 1.29 is 4.79 Å². The van der Waals surface area contributed by atoms with Crippen LogP contribution in [0.1, 0.15) is 17.0 Å². The van der Waals surface area contributed by atoms with E-state index in [1.165, 1.54) is 11.3 Å². The Kier molecular flexibility index (Phi) is 3.18. The third kappa shape index (κ3) is 2.27. The van der Waals surface area contributed by atoms with E-state index in [0.717, 1.165) is 17.7 Å². The van der Waals surface area contributed by atoms with E-state index in [4.69, 9.17) is 0 Å². The van der Waals surface area contributed by atoms with Crippen LogP contribution in [0, 0.1) is 0 Å². The van der Waals surface area contributed by atoms with Crippen LogP contribution in [0.5, 0.6) is 0 Å². The highest BCUT2D eigenvalue weighted by Gasteiger charge is 2.29. The zero-order valence-electron chi connectivity index (χ0n) is 11.8. The Morgan fingerprint density at radius 1 is 1.05 bits per heavy atom. The number of carbonyl (C=O) groups excluding carboxylic acids is 1. The molecule has 102 valence electrons. The minimum Gasteiger partial charge on any atom is -0.378 e. The molecule has 1 aliphatic heterocycles. The Morgan fingerprint density at radius 2 is 1.75 bits per heavy atom. The van der Waals surface area contributed by atoms with E-state index < -0.39 is 0 Å². The number of hydrogen-bond donors (Lipinski definition) is 1. The minimum absolute atomic E-state index is 0.0728. The molecule has 1 aliphatic rings. The Labute approximate surface area is 119 Å². The topological polar surface area (TPSA) is 32.3 Å². The first-order valence-corrected chi connectivity index (χ1v) is 6.81. The molecule has 20 heavy (non-hydrogen) atoms. The zero-order chi connectivity index (χ0) is 14.1. The highest BCUT2D eigenvalue weighted by molar-refractivity contribution is 6.03. The van der Waals surface area contributed by atoms with E-state index in [1.807, 2.05) is 38.4 Å². The number of rotatable bonds is 3. The highest BCUT2D eigenvalue weighted by atomic mass is 16.2. The number of fused-ring (bicyclic) bond motifs is 1. The van der Waals surface area contributed by atoms with Gasteiger partial charge >= 0.3 is 0 Å². The lowest BCUT2D eigenvalue weighted by Gasteiger charge is -2.14. The summed E-state index contributed by atoms with van der Waals surface area (Å²) in [6.07, 6.45) is 0.747. The first-order chi connectivity index (χ1) is 9.65. The van der Waals surface area contributed by atoms with Gasteiger partial charge in [0.1, 0.15) is 0 Å². The van der Waals surface area contributed by atoms with Gasteiger partial charge in [-0.25, -0.2) is 0 Å². The van der Waals surface area contributed by atoms with Gasteiger partial charge in [-0.1, -0.05) is 30.3 Å². The summed E-state index contributed by atoms with van der Waals surface area (Å²) in [5.74, 6) is 0.0271. The van der Waals surface area contributed by atoms with Crippen molar-refractivity contribution in [2.75, 3.05) is 24.3 Å². The van der Waals surface area contributed by atoms with Crippen molar-refractivity contribution >= 4 is 17.3 Å². The van der Waals surface area contributed by atoms with E-state index >= 15 is 0 Å². The number of amides is 1. The van der Waals surface area contributed by atoms with E-state index in [2.05, 4.69) is 34.5 Å². The summed E-state index contributed by atoms with van der Waals surface area (Å²) >= 11 is 0. The summed E-state index contributed by atoms with van der Waals surface area (Å²) in [6, 6.07) is 16.3. The van der Waals surface area contributed by atoms with Crippen LogP contribution in [0.15, 0.2) is 48.5 Å². The van der Waals surface area contributed by atoms with Crippen LogP contribution in [0.25, 0.3) is 0 Å². The lowest BCUT2D eigenvalue weighted by Crippen LogP contribution is -2.14. The monoisotopic (exact) mass is 266 g/mol. The number of nitrogens with zero attached hydrogens (tertiary/aromatic N) is 1. The molecule has 0 bridgehead atoms. The van der Waals surface area contributed by atoms with Gasteiger partial charge in [-0.15, -0.1) is 0 Å². The quantitative estimate of drug-likeness (QED) is 0.926. The average molecular weight is 266 g/mol. The smallest absolute Gasteiger partial charge is 0.232 e. The molecular weight excluding hydrogens is 248 g/mol. The van der Waals surface area contributed by atoms with E-state index in [9.17, 15) is 4.79 Å². The summed E-state index contributed by atoms with van der Waals surface area (Å²) in [4.78, 5) is 14.2. The molecule has 0 aromatic heterocycles. The lowest BCUT2D eigenvalue weighted by molar-refractivity contribution is -0.117. The largest absolute Gasteiger partial charge is 0.378 e. The minimum atomic E-state index is -0.0728. The number of carbonyl (C=O) groups is 1. The van der Waals surface area contributed by atoms with Gasteiger partial charge in [-0.3, -0.25) is 4.79 Å². The SMILES string of the molecule is CN(C)c1ccc(C[C@H]2C(=O)Nc3ccccc32)cc1. The van der Waals surface area contributed by atoms with Gasteiger partial charge in [0.2, 0.25) is 5.91 Å². The molecule has 0 spiro atoms. The molecule has 3 nitrogen and oxygen atoms in total. The molecule has 0 aliphatic carbocycles. The van der Waals surface area contributed by atoms with Crippen molar-refractivity contribution in [1.29, 1.82) is 0 Å². The van der Waals surface area contributed by atoms with Gasteiger partial charge < -0.3 is 10.2 Å². The molecule has 0 saturated heterocycles. The molecule has 0 radical (unpaired) electrons. The molecule has 0 saturated carbocycles. The molecule has 1 atom stereocenters. The average Bonchev–Trinajstić information content (AvgIpc) is 2.76. The van der Waals surface area contributed by atoms with Crippen LogP contribution < -0.4 is 10.2 Å². The molecule has 1 heterocycles. The second-order valence-electron chi connectivity index (χ2n) is 5.39. The van der Waals surface area contributed by atoms with Crippen molar-refractivity contribution in [2.24, 2.45) is 0 Å². The predicted octanol–water partition coefficient (Wildman–Crippen LogP) is 3.03. The third-order valence-electron chi connectivity index (χ3n) is 3.80. The van der Waals surface area contributed by atoms with Crippen molar-refractivity contribution in [3.8, 4) is 0 Å². The molecule has 2 aromatic carbocycles. The Balaban J connectivity index is 1.83. The fourth-order valence-corrected chi connectivity index (χ4v) is 2.64. The van der Waals surface area contributed by atoms with Gasteiger partial charge in [0.15, 0.2) is 0 Å². The number of para-hydroxylation sites is 1. The first-order valence-electron chi connectivity index (χ1n) is 6.81. The molecule has 3 heteroatoms. The van der Waals surface area contributed by atoms with Crippen LogP contribution in [0.2, 0.25) is 0 Å². The summed E-state index contributed by atoms with van der Waals surface area (Å²) in [5, 5.41) is 2.95. The maximum absolute atomic E-state index is 12.1. The van der Waals surface area contributed by atoms with Crippen LogP contribution in [-0.4, -0.2) is 20.0 Å². The summed E-state index contributed by atoms with van der Waals surface area (Å²) < 4.78 is 0. The zero-order valence-corrected chi connectivity index (χ0v) is 11.8. The number of anilines is 2. The standard InChI is InChI=1S/C17H18N2O/c1-19(2)13-9-7-12(8-10-13)11-15-14-5-3-4-6-16(14)18-17(15)20/h3-10,15H,11H2,1-2H3,(H,18,20)/t15-/m1/s1. The normalized spacial score (nSPS) is 16.7. The Bertz CT molecular complexity index is 632. The molecule has 2 aromatic rings. The number of benzene rings is 2. The van der Waals surface area contributed by atoms with Crippen molar-refractivity contribution in [3.05, 3.63) is 59.7 Å². The molecule has 1 amide bonds. The lowest BCUT2D eigenvalue weighted by atomic mass is 9.93. The van der Waals surface area contributed by atoms with Gasteiger partial charge in [0, 0.05) is 25.5 Å². The van der Waals surface area contributed by atoms with E-state index in [1.54, 1.807) is 0 Å². The predicted molar refractivity (Wildman–Crippen MR) is 82.3 cm³/mol. The second kappa shape index (κ2) is 5.00. The van der Waals surface area contributed by atoms with Gasteiger partial charge in [0.25, 0.3) is 0 Å². The van der Waals surface area contributed by atoms with Crippen molar-refractivity contribution in [2.45, 2.75) is 12.3 Å². The number of nitrogens with one attached hydrogen (secondary N) is 1. The number of hydrogen-bond acceptors (Lipinski definition) is 2. The van der Waals surface area contributed by atoms with Crippen LogP contribution >= 0.6 is 0 Å². The molecular formula is C17H18N2O. The summed E-state index contributed by atoms with van der Waals surface area (Å²) in [5.41, 5.74) is 4.42. The Morgan fingerprint density at radius 3 is 2.45 bits per heavy atom. The highest BCUT2D eigenvalue weighted by Crippen LogP contribution is 2.34. The van der Waals surface area contributed by atoms with Gasteiger partial charge in [0.05, 0.1) is 5.92 Å². The summed E-state index contributed by atoms with van der Waals surface area (Å²) in [6.45, 7) is 0. The fourth-order valence-electron chi connectivity index (χ4n) is 2.64. The molecule has 0 unspecified atom stereocenters. The van der Waals surface area contributed by atoms with Crippen LogP contribution in [0.4, 0.5) is 11.4 Å². The molecule has 0 fully saturated rings. The van der Waals surface area contributed by atoms with E-state index in [0.29, 0.717) is 0 Å². The molecule has 3 rings (SSSR count). The Hall–Kier alpha value is -2.29. The van der Waals surface area contributed by atoms with Crippen LogP contribution in [-0.2, 0) is 11.2 Å². The van der Waals surface area contributed by atoms with Crippen LogP contribution in [0.3, 0.4) is 0 Å². The van der Waals surface area contributed by atoms with Gasteiger partial charge in [-0.2, -0.15) is 0 Å². The van der Waals surface area contributed by atoms with Gasteiger partial charge in [-0.05, 0) is 35.7 Å². The molecule has 1 N–H and O–H groups in total. The summed E-state index contributed by atoms with van der Waals surface area (Å²) in [7, 11) is 4.05. The van der Waals surface area contributed by atoms with E-state index in [-0.39, 0.29) is 11.8 Å². The third-order valence-corrected chi connectivity index (χ3v) is 3.80. The van der Waals surface area contributed by atoms with Crippen molar-refractivity contribution in [3.63, 3.8) is 0 Å².